The van der Waals surface area contributed by atoms with E-state index in [0.717, 1.165) is 29.3 Å². The van der Waals surface area contributed by atoms with Gasteiger partial charge in [-0.15, -0.1) is 11.3 Å². The molecule has 4 heteroatoms. The molecule has 1 heterocycles. The van der Waals surface area contributed by atoms with Gasteiger partial charge in [-0.25, -0.2) is 4.98 Å². The van der Waals surface area contributed by atoms with Crippen LogP contribution in [0, 0.1) is 6.92 Å². The van der Waals surface area contributed by atoms with Crippen LogP contribution in [0.3, 0.4) is 0 Å². The Labute approximate surface area is 184 Å². The molecule has 0 unspecified atom stereocenters. The Bertz CT molecular complexity index is 1010. The third-order valence-electron chi connectivity index (χ3n) is 6.17. The van der Waals surface area contributed by atoms with Crippen LogP contribution in [-0.4, -0.2) is 18.6 Å². The second-order valence-electron chi connectivity index (χ2n) is 8.35. The van der Waals surface area contributed by atoms with E-state index in [1.807, 2.05) is 0 Å². The quantitative estimate of drug-likeness (QED) is 0.542. The molecule has 2 aromatic carbocycles. The Balaban J connectivity index is 1.56. The minimum Gasteiger partial charge on any atom is -0.496 e. The molecule has 0 bridgehead atoms. The van der Waals surface area contributed by atoms with Crippen molar-refractivity contribution in [1.29, 1.82) is 0 Å². The van der Waals surface area contributed by atoms with Crippen molar-refractivity contribution in [3.05, 3.63) is 69.2 Å². The Morgan fingerprint density at radius 3 is 2.57 bits per heavy atom. The van der Waals surface area contributed by atoms with Crippen LogP contribution in [0.1, 0.15) is 59.2 Å². The number of methoxy groups -OCH3 is 1. The monoisotopic (exact) mass is 420 g/mol. The lowest BCUT2D eigenvalue weighted by Crippen LogP contribution is -2.05. The summed E-state index contributed by atoms with van der Waals surface area (Å²) in [5.41, 5.74) is 14.9. The summed E-state index contributed by atoms with van der Waals surface area (Å²) in [7, 11) is 1.74. The van der Waals surface area contributed by atoms with Gasteiger partial charge in [0, 0.05) is 22.9 Å². The number of nitrogens with two attached hydrogens (primary N) is 1. The van der Waals surface area contributed by atoms with Gasteiger partial charge < -0.3 is 10.5 Å². The van der Waals surface area contributed by atoms with Gasteiger partial charge >= 0.3 is 0 Å². The van der Waals surface area contributed by atoms with Crippen LogP contribution >= 0.6 is 11.3 Å². The minimum absolute atomic E-state index is 0.652. The predicted octanol–water partition coefficient (Wildman–Crippen LogP) is 5.88. The molecule has 0 radical (unpaired) electrons. The Kier molecular flexibility index (Phi) is 6.86. The summed E-state index contributed by atoms with van der Waals surface area (Å²) in [5.74, 6) is 0.930. The molecular formula is C26H32N2OS. The molecule has 3 nitrogen and oxygen atoms in total. The number of nitrogens with zero attached hydrogens (tertiary/aromatic N) is 1. The topological polar surface area (TPSA) is 48.1 Å². The summed E-state index contributed by atoms with van der Waals surface area (Å²) in [6.45, 7) is 2.80. The molecule has 0 fully saturated rings. The van der Waals surface area contributed by atoms with Crippen molar-refractivity contribution in [2.45, 2.75) is 58.3 Å². The maximum atomic E-state index is 5.75. The number of rotatable bonds is 6. The highest BCUT2D eigenvalue weighted by molar-refractivity contribution is 7.13. The largest absolute Gasteiger partial charge is 0.496 e. The lowest BCUT2D eigenvalue weighted by molar-refractivity contribution is 0.409. The molecule has 4 rings (SSSR count). The average molecular weight is 421 g/mol. The van der Waals surface area contributed by atoms with Gasteiger partial charge in [0.2, 0.25) is 0 Å². The SMILES string of the molecule is COc1cc(CCN)c(C)cc1Cc1csc(-c2ccc3c(c2)CCCCCC3)n1. The fourth-order valence-corrected chi connectivity index (χ4v) is 5.30. The van der Waals surface area contributed by atoms with Crippen molar-refractivity contribution < 1.29 is 4.74 Å². The number of hydrogen-bond acceptors (Lipinski definition) is 4. The van der Waals surface area contributed by atoms with Gasteiger partial charge in [-0.2, -0.15) is 0 Å². The Morgan fingerprint density at radius 2 is 1.80 bits per heavy atom. The van der Waals surface area contributed by atoms with Gasteiger partial charge in [0.15, 0.2) is 0 Å². The second kappa shape index (κ2) is 9.76. The van der Waals surface area contributed by atoms with Gasteiger partial charge in [0.1, 0.15) is 10.8 Å². The summed E-state index contributed by atoms with van der Waals surface area (Å²) in [6.07, 6.45) is 9.43. The predicted molar refractivity (Wildman–Crippen MR) is 127 cm³/mol. The maximum absolute atomic E-state index is 5.75. The molecule has 2 N–H and O–H groups in total. The number of thiazole rings is 1. The standard InChI is InChI=1S/C26H32N2OS/c1-18-13-23(25(29-2)16-20(18)11-12-27)15-24-17-30-26(28-24)22-10-9-19-7-5-3-4-6-8-21(19)14-22/h9-10,13-14,16-17H,3-8,11-12,15,27H2,1-2H3. The van der Waals surface area contributed by atoms with Crippen molar-refractivity contribution >= 4 is 11.3 Å². The molecule has 1 aliphatic rings. The Morgan fingerprint density at radius 1 is 1.00 bits per heavy atom. The normalized spacial score (nSPS) is 14.1. The van der Waals surface area contributed by atoms with Gasteiger partial charge in [-0.1, -0.05) is 31.0 Å². The van der Waals surface area contributed by atoms with Crippen LogP contribution in [0.5, 0.6) is 5.75 Å². The molecule has 30 heavy (non-hydrogen) atoms. The summed E-state index contributed by atoms with van der Waals surface area (Å²) < 4.78 is 5.67. The molecule has 3 aromatic rings. The van der Waals surface area contributed by atoms with Crippen molar-refractivity contribution in [2.75, 3.05) is 13.7 Å². The molecule has 1 aliphatic carbocycles. The first kappa shape index (κ1) is 21.1. The maximum Gasteiger partial charge on any atom is 0.123 e. The van der Waals surface area contributed by atoms with Crippen LogP contribution in [0.25, 0.3) is 10.6 Å². The van der Waals surface area contributed by atoms with E-state index >= 15 is 0 Å². The summed E-state index contributed by atoms with van der Waals surface area (Å²) in [4.78, 5) is 4.97. The molecule has 158 valence electrons. The van der Waals surface area contributed by atoms with Gasteiger partial charge in [-0.3, -0.25) is 0 Å². The average Bonchev–Trinajstić information content (AvgIpc) is 3.19. The smallest absolute Gasteiger partial charge is 0.123 e. The Hall–Kier alpha value is -2.17. The van der Waals surface area contributed by atoms with E-state index in [1.54, 1.807) is 18.4 Å². The van der Waals surface area contributed by atoms with Gasteiger partial charge in [0.25, 0.3) is 0 Å². The van der Waals surface area contributed by atoms with E-state index in [9.17, 15) is 0 Å². The number of fused-ring (bicyclic) bond motifs is 1. The fraction of sp³-hybridized carbons (Fsp3) is 0.423. The summed E-state index contributed by atoms with van der Waals surface area (Å²) >= 11 is 1.74. The number of benzene rings is 2. The highest BCUT2D eigenvalue weighted by atomic mass is 32.1. The molecule has 0 amide bonds. The van der Waals surface area contributed by atoms with Gasteiger partial charge in [-0.05, 0) is 80.0 Å². The number of aryl methyl sites for hydroxylation is 3. The first-order chi connectivity index (χ1) is 14.7. The van der Waals surface area contributed by atoms with Crippen LogP contribution in [-0.2, 0) is 25.7 Å². The lowest BCUT2D eigenvalue weighted by Gasteiger charge is -2.14. The third-order valence-corrected chi connectivity index (χ3v) is 7.11. The molecule has 0 saturated carbocycles. The molecule has 0 aliphatic heterocycles. The first-order valence-corrected chi connectivity index (χ1v) is 12.0. The van der Waals surface area contributed by atoms with Crippen LogP contribution in [0.2, 0.25) is 0 Å². The van der Waals surface area contributed by atoms with E-state index in [2.05, 4.69) is 42.6 Å². The molecule has 1 aromatic heterocycles. The van der Waals surface area contributed by atoms with E-state index < -0.39 is 0 Å². The number of hydrogen-bond donors (Lipinski definition) is 1. The van der Waals surface area contributed by atoms with Crippen molar-refractivity contribution in [1.82, 2.24) is 4.98 Å². The van der Waals surface area contributed by atoms with E-state index in [1.165, 1.54) is 71.9 Å². The van der Waals surface area contributed by atoms with E-state index in [-0.39, 0.29) is 0 Å². The number of aromatic nitrogens is 1. The molecule has 0 atom stereocenters. The third kappa shape index (κ3) is 4.76. The van der Waals surface area contributed by atoms with Crippen LogP contribution in [0.4, 0.5) is 0 Å². The number of ether oxygens (including phenoxy) is 1. The molecular weight excluding hydrogens is 388 g/mol. The molecule has 0 saturated heterocycles. The van der Waals surface area contributed by atoms with Crippen molar-refractivity contribution in [3.8, 4) is 16.3 Å². The van der Waals surface area contributed by atoms with Crippen LogP contribution in [0.15, 0.2) is 35.7 Å². The van der Waals surface area contributed by atoms with Crippen LogP contribution < -0.4 is 10.5 Å². The molecule has 0 spiro atoms. The summed E-state index contributed by atoms with van der Waals surface area (Å²) in [5, 5.41) is 3.31. The van der Waals surface area contributed by atoms with Gasteiger partial charge in [0.05, 0.1) is 12.8 Å². The zero-order valence-corrected chi connectivity index (χ0v) is 19.0. The van der Waals surface area contributed by atoms with Crippen molar-refractivity contribution in [2.24, 2.45) is 5.73 Å². The van der Waals surface area contributed by atoms with E-state index in [0.29, 0.717) is 6.54 Å². The highest BCUT2D eigenvalue weighted by Gasteiger charge is 2.13. The van der Waals surface area contributed by atoms with E-state index in [4.69, 9.17) is 15.5 Å². The second-order valence-corrected chi connectivity index (χ2v) is 9.21. The highest BCUT2D eigenvalue weighted by Crippen LogP contribution is 2.31. The lowest BCUT2D eigenvalue weighted by atomic mass is 9.92. The zero-order valence-electron chi connectivity index (χ0n) is 18.2. The fourth-order valence-electron chi connectivity index (χ4n) is 4.48. The minimum atomic E-state index is 0.652. The first-order valence-electron chi connectivity index (χ1n) is 11.1. The summed E-state index contributed by atoms with van der Waals surface area (Å²) in [6, 6.07) is 11.3. The van der Waals surface area contributed by atoms with Crippen molar-refractivity contribution in [3.63, 3.8) is 0 Å². The zero-order chi connectivity index (χ0) is 20.9.